The molecule has 0 radical (unpaired) electrons. The van der Waals surface area contributed by atoms with E-state index in [9.17, 15) is 4.79 Å². The van der Waals surface area contributed by atoms with Crippen molar-refractivity contribution in [3.8, 4) is 11.1 Å². The number of ether oxygens (including phenoxy) is 1. The van der Waals surface area contributed by atoms with E-state index in [1.807, 2.05) is 7.11 Å². The molecule has 2 atom stereocenters. The average molecular weight is 503 g/mol. The van der Waals surface area contributed by atoms with E-state index in [2.05, 4.69) is 78.1 Å². The van der Waals surface area contributed by atoms with Gasteiger partial charge in [0.05, 0.1) is 0 Å². The van der Waals surface area contributed by atoms with E-state index in [4.69, 9.17) is 4.74 Å². The number of methoxy groups -OCH3 is 1. The number of carbonyl (C=O) groups is 1. The third-order valence-corrected chi connectivity index (χ3v) is 9.62. The van der Waals surface area contributed by atoms with Gasteiger partial charge in [0.1, 0.15) is 0 Å². The van der Waals surface area contributed by atoms with Crippen LogP contribution in [0.5, 0.6) is 0 Å². The molecular weight excluding hydrogens is 473 g/mol. The molecule has 1 aliphatic carbocycles. The minimum atomic E-state index is -0.0504. The Bertz CT molecular complexity index is 1320. The molecule has 4 heteroatoms. The molecule has 1 saturated carbocycles. The topological polar surface area (TPSA) is 38.3 Å². The Kier molecular flexibility index (Phi) is 6.50. The van der Waals surface area contributed by atoms with Gasteiger partial charge in [-0.3, -0.25) is 0 Å². The summed E-state index contributed by atoms with van der Waals surface area (Å²) >= 11 is 0.255. The third-order valence-electron chi connectivity index (χ3n) is 6.60. The molecule has 4 aromatic carbocycles. The number of amides is 1. The molecule has 0 heterocycles. The number of hydrogen-bond acceptors (Lipinski definition) is 2. The van der Waals surface area contributed by atoms with Crippen molar-refractivity contribution in [3.05, 3.63) is 72.8 Å². The average Bonchev–Trinajstić information content (AvgIpc) is 2.84. The molecule has 0 spiro atoms. The summed E-state index contributed by atoms with van der Waals surface area (Å²) in [6.07, 6.45) is 5.24. The summed E-state index contributed by atoms with van der Waals surface area (Å²) in [5.74, 6) is -0.0504. The number of anilines is 1. The van der Waals surface area contributed by atoms with Crippen LogP contribution in [0.25, 0.3) is 32.7 Å². The van der Waals surface area contributed by atoms with Gasteiger partial charge in [0.2, 0.25) is 0 Å². The van der Waals surface area contributed by atoms with Crippen molar-refractivity contribution in [1.82, 2.24) is 0 Å². The molecule has 4 aromatic rings. The normalized spacial score (nSPS) is 18.5. The number of carbonyl (C=O) groups excluding carboxylic acids is 1. The van der Waals surface area contributed by atoms with E-state index in [1.54, 1.807) is 6.92 Å². The molecule has 1 aliphatic rings. The summed E-state index contributed by atoms with van der Waals surface area (Å²) in [6.45, 7) is 1.58. The Morgan fingerprint density at radius 2 is 1.48 bits per heavy atom. The molecule has 3 nitrogen and oxygen atoms in total. The second-order valence-electron chi connectivity index (χ2n) is 8.77. The fourth-order valence-corrected chi connectivity index (χ4v) is 8.19. The molecule has 1 N–H and O–H groups in total. The first-order valence-electron chi connectivity index (χ1n) is 11.7. The van der Waals surface area contributed by atoms with Crippen LogP contribution in [-0.2, 0) is 9.53 Å². The number of benzene rings is 4. The zero-order chi connectivity index (χ0) is 22.8. The molecule has 0 bridgehead atoms. The van der Waals surface area contributed by atoms with E-state index >= 15 is 0 Å². The Hall–Kier alpha value is -2.65. The molecule has 2 unspecified atom stereocenters. The maximum atomic E-state index is 12.2. The van der Waals surface area contributed by atoms with E-state index in [-0.39, 0.29) is 20.9 Å². The first-order chi connectivity index (χ1) is 16.2. The van der Waals surface area contributed by atoms with Crippen LogP contribution >= 0.6 is 0 Å². The summed E-state index contributed by atoms with van der Waals surface area (Å²) in [7, 11) is 1.86. The predicted molar refractivity (Wildman–Crippen MR) is 140 cm³/mol. The van der Waals surface area contributed by atoms with Crippen LogP contribution < -0.4 is 9.78 Å². The first kappa shape index (κ1) is 22.2. The van der Waals surface area contributed by atoms with Crippen LogP contribution in [0.3, 0.4) is 0 Å². The minimum absolute atomic E-state index is 0.0504. The second kappa shape index (κ2) is 9.69. The van der Waals surface area contributed by atoms with Crippen molar-refractivity contribution >= 4 is 52.6 Å². The summed E-state index contributed by atoms with van der Waals surface area (Å²) in [5.41, 5.74) is 3.26. The van der Waals surface area contributed by atoms with Crippen LogP contribution in [0.15, 0.2) is 72.8 Å². The zero-order valence-corrected chi connectivity index (χ0v) is 20.8. The monoisotopic (exact) mass is 503 g/mol. The fourth-order valence-electron chi connectivity index (χ4n) is 5.07. The zero-order valence-electron chi connectivity index (χ0n) is 19.1. The molecule has 1 fully saturated rings. The van der Waals surface area contributed by atoms with Gasteiger partial charge in [-0.1, -0.05) is 0 Å². The number of rotatable bonds is 5. The Morgan fingerprint density at radius 1 is 0.848 bits per heavy atom. The van der Waals surface area contributed by atoms with Gasteiger partial charge in [0.25, 0.3) is 0 Å². The molecule has 0 aromatic heterocycles. The first-order valence-corrected chi connectivity index (χ1v) is 13.5. The summed E-state index contributed by atoms with van der Waals surface area (Å²) in [5, 5.41) is 7.94. The molecule has 5 rings (SSSR count). The SMILES string of the molecule is COC1CCCCC1[Se]c1ccc2ccccc2c1-c1c(NC(C)=O)ccc2ccccc12. The Labute approximate surface area is 201 Å². The van der Waals surface area contributed by atoms with Crippen molar-refractivity contribution in [2.24, 2.45) is 0 Å². The van der Waals surface area contributed by atoms with Gasteiger partial charge in [0, 0.05) is 0 Å². The van der Waals surface area contributed by atoms with E-state index in [0.29, 0.717) is 10.9 Å². The van der Waals surface area contributed by atoms with E-state index in [1.165, 1.54) is 50.8 Å². The molecule has 168 valence electrons. The predicted octanol–water partition coefficient (Wildman–Crippen LogP) is 6.33. The number of hydrogen-bond donors (Lipinski definition) is 1. The molecule has 1 amide bonds. The number of fused-ring (bicyclic) bond motifs is 2. The van der Waals surface area contributed by atoms with Crippen molar-refractivity contribution in [2.45, 2.75) is 43.5 Å². The third kappa shape index (κ3) is 4.44. The van der Waals surface area contributed by atoms with Gasteiger partial charge in [-0.15, -0.1) is 0 Å². The van der Waals surface area contributed by atoms with Crippen molar-refractivity contribution in [2.75, 3.05) is 12.4 Å². The second-order valence-corrected chi connectivity index (χ2v) is 11.5. The summed E-state index contributed by atoms with van der Waals surface area (Å²) in [6, 6.07) is 25.8. The number of nitrogens with one attached hydrogen (secondary N) is 1. The van der Waals surface area contributed by atoms with E-state index in [0.717, 1.165) is 17.7 Å². The standard InChI is InChI=1S/C29H29NO2Se/c1-19(31)30-24-17-15-20-9-3-5-11-22(20)28(24)29-23-12-6-4-10-21(23)16-18-27(29)33-26-14-8-7-13-25(26)32-2/h3-6,9-12,15-18,25-26H,7-8,13-14H2,1-2H3,(H,30,31). The molecular formula is C29H29NO2Se. The maximum absolute atomic E-state index is 12.2. The molecule has 0 saturated heterocycles. The van der Waals surface area contributed by atoms with Crippen LogP contribution in [0, 0.1) is 0 Å². The van der Waals surface area contributed by atoms with Crippen LogP contribution in [-0.4, -0.2) is 34.1 Å². The van der Waals surface area contributed by atoms with Crippen LogP contribution in [0.2, 0.25) is 4.82 Å². The molecule has 0 aliphatic heterocycles. The Balaban J connectivity index is 1.78. The van der Waals surface area contributed by atoms with Crippen molar-refractivity contribution < 1.29 is 9.53 Å². The quantitative estimate of drug-likeness (QED) is 0.324. The summed E-state index contributed by atoms with van der Waals surface area (Å²) < 4.78 is 7.30. The van der Waals surface area contributed by atoms with Crippen LogP contribution in [0.1, 0.15) is 32.6 Å². The van der Waals surface area contributed by atoms with Crippen molar-refractivity contribution in [1.29, 1.82) is 0 Å². The van der Waals surface area contributed by atoms with Gasteiger partial charge in [-0.2, -0.15) is 0 Å². The van der Waals surface area contributed by atoms with Crippen molar-refractivity contribution in [3.63, 3.8) is 0 Å². The van der Waals surface area contributed by atoms with Gasteiger partial charge in [-0.25, -0.2) is 0 Å². The Morgan fingerprint density at radius 3 is 2.18 bits per heavy atom. The van der Waals surface area contributed by atoms with Gasteiger partial charge in [0.15, 0.2) is 0 Å². The van der Waals surface area contributed by atoms with Gasteiger partial charge in [-0.05, 0) is 0 Å². The summed E-state index contributed by atoms with van der Waals surface area (Å²) in [4.78, 5) is 12.7. The molecule has 33 heavy (non-hydrogen) atoms. The fraction of sp³-hybridized carbons (Fsp3) is 0.276. The van der Waals surface area contributed by atoms with Gasteiger partial charge >= 0.3 is 202 Å². The van der Waals surface area contributed by atoms with Crippen LogP contribution in [0.4, 0.5) is 5.69 Å². The van der Waals surface area contributed by atoms with E-state index < -0.39 is 0 Å². The van der Waals surface area contributed by atoms with Gasteiger partial charge < -0.3 is 0 Å².